The second-order valence-corrected chi connectivity index (χ2v) is 3.85. The summed E-state index contributed by atoms with van der Waals surface area (Å²) in [5.41, 5.74) is 1.43. The number of nitrogens with one attached hydrogen (secondary N) is 2. The minimum Gasteiger partial charge on any atom is -0.493 e. The Labute approximate surface area is 105 Å². The number of carbonyl (C=O) groups excluding carboxylic acids is 1. The maximum Gasteiger partial charge on any atom is 0.255 e. The minimum absolute atomic E-state index is 0.184. The van der Waals surface area contributed by atoms with Crippen molar-refractivity contribution < 1.29 is 19.0 Å². The first-order valence-electron chi connectivity index (χ1n) is 5.53. The predicted octanol–water partition coefficient (Wildman–Crippen LogP) is 1.08. The van der Waals surface area contributed by atoms with E-state index < -0.39 is 6.10 Å². The van der Waals surface area contributed by atoms with Crippen molar-refractivity contribution in [2.24, 2.45) is 0 Å². The van der Waals surface area contributed by atoms with E-state index in [1.165, 1.54) is 7.11 Å². The van der Waals surface area contributed by atoms with Crippen LogP contribution in [0, 0.1) is 0 Å². The molecule has 2 rings (SSSR count). The lowest BCUT2D eigenvalue weighted by Crippen LogP contribution is -2.32. The third-order valence-electron chi connectivity index (χ3n) is 2.84. The van der Waals surface area contributed by atoms with Crippen molar-refractivity contribution in [3.63, 3.8) is 0 Å². The Morgan fingerprint density at radius 1 is 1.11 bits per heavy atom. The molecule has 0 fully saturated rings. The van der Waals surface area contributed by atoms with Gasteiger partial charge in [0, 0.05) is 19.2 Å². The lowest BCUT2D eigenvalue weighted by atomic mass is 10.2. The maximum atomic E-state index is 11.8. The first-order chi connectivity index (χ1) is 8.69. The number of benzene rings is 1. The second-order valence-electron chi connectivity index (χ2n) is 3.85. The van der Waals surface area contributed by atoms with Gasteiger partial charge >= 0.3 is 0 Å². The first kappa shape index (κ1) is 12.5. The SMILES string of the molecule is COc1cc2c(cc1OC)NC(=O)C(OC)CN2. The van der Waals surface area contributed by atoms with Gasteiger partial charge in [-0.25, -0.2) is 0 Å². The number of carbonyl (C=O) groups is 1. The third kappa shape index (κ3) is 2.19. The Hall–Kier alpha value is -1.95. The summed E-state index contributed by atoms with van der Waals surface area (Å²) in [6, 6.07) is 3.50. The summed E-state index contributed by atoms with van der Waals surface area (Å²) in [6.07, 6.45) is -0.519. The molecular weight excluding hydrogens is 236 g/mol. The fraction of sp³-hybridized carbons (Fsp3) is 0.417. The van der Waals surface area contributed by atoms with Gasteiger partial charge in [-0.15, -0.1) is 0 Å². The highest BCUT2D eigenvalue weighted by Crippen LogP contribution is 2.37. The number of fused-ring (bicyclic) bond motifs is 1. The molecule has 0 saturated heterocycles. The van der Waals surface area contributed by atoms with E-state index in [0.717, 1.165) is 5.69 Å². The third-order valence-corrected chi connectivity index (χ3v) is 2.84. The molecule has 1 aliphatic heterocycles. The summed E-state index contributed by atoms with van der Waals surface area (Å²) in [7, 11) is 4.62. The van der Waals surface area contributed by atoms with Gasteiger partial charge in [-0.1, -0.05) is 0 Å². The Morgan fingerprint density at radius 2 is 1.72 bits per heavy atom. The molecule has 18 heavy (non-hydrogen) atoms. The number of hydrogen-bond donors (Lipinski definition) is 2. The zero-order chi connectivity index (χ0) is 13.1. The average Bonchev–Trinajstić information content (AvgIpc) is 2.54. The van der Waals surface area contributed by atoms with Gasteiger partial charge in [-0.05, 0) is 0 Å². The van der Waals surface area contributed by atoms with Gasteiger partial charge in [0.2, 0.25) is 0 Å². The van der Waals surface area contributed by atoms with Crippen LogP contribution >= 0.6 is 0 Å². The highest BCUT2D eigenvalue weighted by molar-refractivity contribution is 5.99. The van der Waals surface area contributed by atoms with Gasteiger partial charge in [0.15, 0.2) is 17.6 Å². The predicted molar refractivity (Wildman–Crippen MR) is 67.5 cm³/mol. The van der Waals surface area contributed by atoms with Gasteiger partial charge in [0.1, 0.15) is 0 Å². The quantitative estimate of drug-likeness (QED) is 0.842. The standard InChI is InChI=1S/C12H16N2O4/c1-16-9-4-7-8(5-10(9)17-2)14-12(15)11(18-3)6-13-7/h4-5,11,13H,6H2,1-3H3,(H,14,15). The normalized spacial score (nSPS) is 18.2. The van der Waals surface area contributed by atoms with Gasteiger partial charge in [0.05, 0.1) is 32.1 Å². The molecule has 98 valence electrons. The number of hydrogen-bond acceptors (Lipinski definition) is 5. The number of anilines is 2. The van der Waals surface area contributed by atoms with E-state index >= 15 is 0 Å². The van der Waals surface area contributed by atoms with Crippen molar-refractivity contribution in [2.75, 3.05) is 38.5 Å². The van der Waals surface area contributed by atoms with E-state index in [0.29, 0.717) is 23.7 Å². The molecule has 1 atom stereocenters. The van der Waals surface area contributed by atoms with Crippen LogP contribution in [0.3, 0.4) is 0 Å². The molecular formula is C12H16N2O4. The molecule has 1 aromatic rings. The summed E-state index contributed by atoms with van der Waals surface area (Å²) < 4.78 is 15.5. The monoisotopic (exact) mass is 252 g/mol. The van der Waals surface area contributed by atoms with Crippen LogP contribution in [0.1, 0.15) is 0 Å². The molecule has 1 aliphatic rings. The van der Waals surface area contributed by atoms with Crippen molar-refractivity contribution in [2.45, 2.75) is 6.10 Å². The van der Waals surface area contributed by atoms with Gasteiger partial charge in [-0.3, -0.25) is 4.79 Å². The second kappa shape index (κ2) is 5.14. The zero-order valence-electron chi connectivity index (χ0n) is 10.6. The lowest BCUT2D eigenvalue weighted by Gasteiger charge is -2.13. The van der Waals surface area contributed by atoms with E-state index in [-0.39, 0.29) is 5.91 Å². The largest absolute Gasteiger partial charge is 0.493 e. The van der Waals surface area contributed by atoms with Crippen molar-refractivity contribution >= 4 is 17.3 Å². The topological polar surface area (TPSA) is 68.8 Å². The van der Waals surface area contributed by atoms with Crippen LogP contribution in [0.15, 0.2) is 12.1 Å². The molecule has 0 radical (unpaired) electrons. The molecule has 0 saturated carbocycles. The number of amides is 1. The molecule has 6 heteroatoms. The Morgan fingerprint density at radius 3 is 2.28 bits per heavy atom. The average molecular weight is 252 g/mol. The van der Waals surface area contributed by atoms with Gasteiger partial charge in [-0.2, -0.15) is 0 Å². The zero-order valence-corrected chi connectivity index (χ0v) is 10.6. The maximum absolute atomic E-state index is 11.8. The Kier molecular flexibility index (Phi) is 3.57. The Balaban J connectivity index is 2.38. The molecule has 6 nitrogen and oxygen atoms in total. The summed E-state index contributed by atoms with van der Waals surface area (Å²) in [4.78, 5) is 11.8. The molecule has 0 bridgehead atoms. The highest BCUT2D eigenvalue weighted by Gasteiger charge is 2.24. The fourth-order valence-corrected chi connectivity index (χ4v) is 1.83. The molecule has 0 aliphatic carbocycles. The van der Waals surface area contributed by atoms with E-state index in [2.05, 4.69) is 10.6 Å². The van der Waals surface area contributed by atoms with Crippen molar-refractivity contribution in [3.05, 3.63) is 12.1 Å². The summed E-state index contributed by atoms with van der Waals surface area (Å²) in [6.45, 7) is 0.408. The van der Waals surface area contributed by atoms with Crippen LogP contribution in [0.5, 0.6) is 11.5 Å². The van der Waals surface area contributed by atoms with Crippen LogP contribution in [0.4, 0.5) is 11.4 Å². The molecule has 1 aromatic carbocycles. The summed E-state index contributed by atoms with van der Waals surface area (Å²) >= 11 is 0. The van der Waals surface area contributed by atoms with Gasteiger partial charge < -0.3 is 24.8 Å². The smallest absolute Gasteiger partial charge is 0.255 e. The highest BCUT2D eigenvalue weighted by atomic mass is 16.5. The molecule has 0 aromatic heterocycles. The van der Waals surface area contributed by atoms with Crippen molar-refractivity contribution in [3.8, 4) is 11.5 Å². The summed E-state index contributed by atoms with van der Waals surface area (Å²) in [5, 5.41) is 5.93. The van der Waals surface area contributed by atoms with Crippen molar-refractivity contribution in [1.29, 1.82) is 0 Å². The lowest BCUT2D eigenvalue weighted by molar-refractivity contribution is -0.124. The van der Waals surface area contributed by atoms with Gasteiger partial charge in [0.25, 0.3) is 5.91 Å². The fourth-order valence-electron chi connectivity index (χ4n) is 1.83. The molecule has 2 N–H and O–H groups in total. The Bertz CT molecular complexity index is 462. The van der Waals surface area contributed by atoms with E-state index in [1.54, 1.807) is 26.4 Å². The first-order valence-corrected chi connectivity index (χ1v) is 5.53. The number of ether oxygens (including phenoxy) is 3. The van der Waals surface area contributed by atoms with Crippen LogP contribution in [-0.4, -0.2) is 39.9 Å². The van der Waals surface area contributed by atoms with Crippen LogP contribution < -0.4 is 20.1 Å². The minimum atomic E-state index is -0.519. The van der Waals surface area contributed by atoms with E-state index in [4.69, 9.17) is 14.2 Å². The molecule has 1 heterocycles. The van der Waals surface area contributed by atoms with Crippen LogP contribution in [0.2, 0.25) is 0 Å². The van der Waals surface area contributed by atoms with Crippen LogP contribution in [0.25, 0.3) is 0 Å². The van der Waals surface area contributed by atoms with Crippen molar-refractivity contribution in [1.82, 2.24) is 0 Å². The van der Waals surface area contributed by atoms with Crippen LogP contribution in [-0.2, 0) is 9.53 Å². The number of methoxy groups -OCH3 is 3. The van der Waals surface area contributed by atoms with E-state index in [9.17, 15) is 4.79 Å². The van der Waals surface area contributed by atoms with E-state index in [1.807, 2.05) is 0 Å². The molecule has 1 unspecified atom stereocenters. The molecule has 0 spiro atoms. The number of rotatable bonds is 3. The summed E-state index contributed by atoms with van der Waals surface area (Å²) in [5.74, 6) is 0.985. The molecule has 1 amide bonds.